The second-order valence-electron chi connectivity index (χ2n) is 2.16. The minimum atomic E-state index is -2.72. The normalized spacial score (nSPS) is 21.1. The van der Waals surface area contributed by atoms with Crippen molar-refractivity contribution in [1.82, 2.24) is 4.90 Å². The Morgan fingerprint density at radius 2 is 2.10 bits per heavy atom. The Morgan fingerprint density at radius 1 is 1.60 bits per heavy atom. The molecular weight excluding hydrogens is 140 g/mol. The Hall–Kier alpha value is -1.11. The van der Waals surface area contributed by atoms with Gasteiger partial charge in [-0.3, -0.25) is 4.79 Å². The first-order chi connectivity index (χ1) is 4.55. The summed E-state index contributed by atoms with van der Waals surface area (Å²) in [5, 5.41) is 0. The number of hydrogen-bond donors (Lipinski definition) is 0. The van der Waals surface area contributed by atoms with Gasteiger partial charge < -0.3 is 4.90 Å². The van der Waals surface area contributed by atoms with Gasteiger partial charge in [0.25, 0.3) is 11.8 Å². The fourth-order valence-electron chi connectivity index (χ4n) is 0.747. The molecule has 4 heteroatoms. The predicted molar refractivity (Wildman–Crippen MR) is 30.4 cm³/mol. The minimum absolute atomic E-state index is 0.532. The van der Waals surface area contributed by atoms with Crippen LogP contribution < -0.4 is 0 Å². The van der Waals surface area contributed by atoms with E-state index < -0.39 is 24.9 Å². The van der Waals surface area contributed by atoms with E-state index in [-0.39, 0.29) is 0 Å². The van der Waals surface area contributed by atoms with E-state index in [0.717, 1.165) is 4.90 Å². The third-order valence-corrected chi connectivity index (χ3v) is 1.26. The van der Waals surface area contributed by atoms with E-state index in [1.165, 1.54) is 0 Å². The van der Waals surface area contributed by atoms with Crippen LogP contribution in [-0.4, -0.2) is 29.8 Å². The zero-order valence-electron chi connectivity index (χ0n) is 5.10. The zero-order chi connectivity index (χ0) is 7.78. The van der Waals surface area contributed by atoms with Crippen molar-refractivity contribution in [2.24, 2.45) is 0 Å². The van der Waals surface area contributed by atoms with Crippen LogP contribution in [0.4, 0.5) is 8.78 Å². The highest BCUT2D eigenvalue weighted by molar-refractivity contribution is 5.93. The minimum Gasteiger partial charge on any atom is -0.320 e. The Bertz CT molecular complexity index is 198. The molecular formula is C6H5F2NO. The molecule has 2 nitrogen and oxygen atoms in total. The number of amides is 1. The molecule has 0 unspecified atom stereocenters. The van der Waals surface area contributed by atoms with Crippen molar-refractivity contribution in [3.8, 4) is 12.3 Å². The molecule has 0 saturated carbocycles. The summed E-state index contributed by atoms with van der Waals surface area (Å²) < 4.78 is 24.0. The Balaban J connectivity index is 2.42. The third kappa shape index (κ3) is 1.08. The second kappa shape index (κ2) is 1.94. The topological polar surface area (TPSA) is 20.3 Å². The SMILES string of the molecule is C#CC(=O)N1CC(F)(F)C1. The maximum Gasteiger partial charge on any atom is 0.298 e. The fourth-order valence-corrected chi connectivity index (χ4v) is 0.747. The van der Waals surface area contributed by atoms with Crippen LogP contribution >= 0.6 is 0 Å². The van der Waals surface area contributed by atoms with Gasteiger partial charge in [0.1, 0.15) is 0 Å². The number of carbonyl (C=O) groups is 1. The van der Waals surface area contributed by atoms with Crippen molar-refractivity contribution in [2.45, 2.75) is 5.92 Å². The fraction of sp³-hybridized carbons (Fsp3) is 0.500. The summed E-state index contributed by atoms with van der Waals surface area (Å²) in [5.41, 5.74) is 0. The maximum atomic E-state index is 12.0. The number of alkyl halides is 2. The van der Waals surface area contributed by atoms with E-state index >= 15 is 0 Å². The molecule has 10 heavy (non-hydrogen) atoms. The number of terminal acetylenes is 1. The van der Waals surface area contributed by atoms with Crippen LogP contribution in [0.3, 0.4) is 0 Å². The highest BCUT2D eigenvalue weighted by Crippen LogP contribution is 2.25. The lowest BCUT2D eigenvalue weighted by molar-refractivity contribution is -0.159. The van der Waals surface area contributed by atoms with Crippen LogP contribution in [0.15, 0.2) is 0 Å². The average Bonchev–Trinajstić information content (AvgIpc) is 1.81. The number of nitrogens with zero attached hydrogens (tertiary/aromatic N) is 1. The van der Waals surface area contributed by atoms with E-state index in [1.54, 1.807) is 5.92 Å². The molecule has 0 atom stereocenters. The first-order valence-electron chi connectivity index (χ1n) is 2.68. The number of rotatable bonds is 0. The van der Waals surface area contributed by atoms with Crippen LogP contribution in [0.5, 0.6) is 0 Å². The van der Waals surface area contributed by atoms with E-state index in [2.05, 4.69) is 6.42 Å². The molecule has 1 amide bonds. The lowest BCUT2D eigenvalue weighted by Crippen LogP contribution is -2.58. The summed E-state index contributed by atoms with van der Waals surface area (Å²) in [6, 6.07) is 0. The van der Waals surface area contributed by atoms with E-state index in [1.807, 2.05) is 0 Å². The molecule has 0 aliphatic carbocycles. The van der Waals surface area contributed by atoms with Gasteiger partial charge >= 0.3 is 0 Å². The average molecular weight is 145 g/mol. The van der Waals surface area contributed by atoms with E-state index in [0.29, 0.717) is 0 Å². The zero-order valence-corrected chi connectivity index (χ0v) is 5.10. The molecule has 1 saturated heterocycles. The van der Waals surface area contributed by atoms with Gasteiger partial charge in [-0.15, -0.1) is 6.42 Å². The number of hydrogen-bond acceptors (Lipinski definition) is 1. The summed E-state index contributed by atoms with van der Waals surface area (Å²) >= 11 is 0. The number of halogens is 2. The van der Waals surface area contributed by atoms with Gasteiger partial charge in [-0.05, 0) is 5.92 Å². The Morgan fingerprint density at radius 3 is 2.40 bits per heavy atom. The van der Waals surface area contributed by atoms with E-state index in [4.69, 9.17) is 0 Å². The van der Waals surface area contributed by atoms with Gasteiger partial charge in [0, 0.05) is 0 Å². The smallest absolute Gasteiger partial charge is 0.298 e. The molecule has 1 aliphatic rings. The Labute approximate surface area is 56.8 Å². The summed E-state index contributed by atoms with van der Waals surface area (Å²) in [5.74, 6) is -1.62. The monoisotopic (exact) mass is 145 g/mol. The molecule has 0 aromatic carbocycles. The van der Waals surface area contributed by atoms with Crippen LogP contribution in [0.1, 0.15) is 0 Å². The molecule has 0 bridgehead atoms. The molecule has 1 aliphatic heterocycles. The molecule has 0 N–H and O–H groups in total. The van der Waals surface area contributed by atoms with Crippen LogP contribution in [-0.2, 0) is 4.79 Å². The lowest BCUT2D eigenvalue weighted by Gasteiger charge is -2.37. The second-order valence-corrected chi connectivity index (χ2v) is 2.16. The standard InChI is InChI=1S/C6H5F2NO/c1-2-5(10)9-3-6(7,8)4-9/h1H,3-4H2. The van der Waals surface area contributed by atoms with Crippen LogP contribution in [0.2, 0.25) is 0 Å². The predicted octanol–water partition coefficient (Wildman–Crippen LogP) is 0.0971. The van der Waals surface area contributed by atoms with Gasteiger partial charge in [0.15, 0.2) is 0 Å². The molecule has 0 spiro atoms. The highest BCUT2D eigenvalue weighted by Gasteiger charge is 2.45. The van der Waals surface area contributed by atoms with Crippen molar-refractivity contribution < 1.29 is 13.6 Å². The van der Waals surface area contributed by atoms with Crippen molar-refractivity contribution in [1.29, 1.82) is 0 Å². The van der Waals surface area contributed by atoms with Crippen LogP contribution in [0, 0.1) is 12.3 Å². The first-order valence-corrected chi connectivity index (χ1v) is 2.68. The van der Waals surface area contributed by atoms with Gasteiger partial charge in [-0.2, -0.15) is 0 Å². The molecule has 1 heterocycles. The highest BCUT2D eigenvalue weighted by atomic mass is 19.3. The summed E-state index contributed by atoms with van der Waals surface area (Å²) in [4.78, 5) is 11.4. The summed E-state index contributed by atoms with van der Waals surface area (Å²) in [6.07, 6.45) is 4.68. The maximum absolute atomic E-state index is 12.0. The molecule has 54 valence electrons. The van der Waals surface area contributed by atoms with Gasteiger partial charge in [0.05, 0.1) is 13.1 Å². The number of carbonyl (C=O) groups excluding carboxylic acids is 1. The van der Waals surface area contributed by atoms with Gasteiger partial charge in [0.2, 0.25) is 0 Å². The third-order valence-electron chi connectivity index (χ3n) is 1.26. The quantitative estimate of drug-likeness (QED) is 0.442. The van der Waals surface area contributed by atoms with Gasteiger partial charge in [-0.25, -0.2) is 8.78 Å². The van der Waals surface area contributed by atoms with Crippen molar-refractivity contribution in [2.75, 3.05) is 13.1 Å². The lowest BCUT2D eigenvalue weighted by atomic mass is 10.1. The molecule has 1 fully saturated rings. The summed E-state index contributed by atoms with van der Waals surface area (Å²) in [7, 11) is 0. The molecule has 0 radical (unpaired) electrons. The first kappa shape index (κ1) is 7.00. The van der Waals surface area contributed by atoms with E-state index in [9.17, 15) is 13.6 Å². The van der Waals surface area contributed by atoms with Crippen molar-refractivity contribution in [3.63, 3.8) is 0 Å². The Kier molecular flexibility index (Phi) is 1.36. The van der Waals surface area contributed by atoms with Crippen molar-refractivity contribution in [3.05, 3.63) is 0 Å². The van der Waals surface area contributed by atoms with Crippen molar-refractivity contribution >= 4 is 5.91 Å². The molecule has 1 rings (SSSR count). The molecule has 0 aromatic heterocycles. The largest absolute Gasteiger partial charge is 0.320 e. The molecule has 0 aromatic rings. The number of likely N-dealkylation sites (tertiary alicyclic amines) is 1. The van der Waals surface area contributed by atoms with Crippen LogP contribution in [0.25, 0.3) is 0 Å². The summed E-state index contributed by atoms with van der Waals surface area (Å²) in [6.45, 7) is -1.06. The van der Waals surface area contributed by atoms with Gasteiger partial charge in [-0.1, -0.05) is 0 Å².